The molecule has 1 aromatic heterocycles. The van der Waals surface area contributed by atoms with Gasteiger partial charge in [0.25, 0.3) is 5.91 Å². The lowest BCUT2D eigenvalue weighted by Crippen LogP contribution is -2.26. The molecule has 3 N–H and O–H groups in total. The van der Waals surface area contributed by atoms with Crippen molar-refractivity contribution in [1.82, 2.24) is 14.9 Å². The number of aromatic nitrogens is 2. The molecule has 0 atom stereocenters. The van der Waals surface area contributed by atoms with Crippen LogP contribution < -0.4 is 10.5 Å². The largest absolute Gasteiger partial charge is 0.492 e. The third-order valence-electron chi connectivity index (χ3n) is 2.85. The summed E-state index contributed by atoms with van der Waals surface area (Å²) < 4.78 is 5.35. The molecular formula is C14H18N4O2. The molecule has 0 bridgehead atoms. The van der Waals surface area contributed by atoms with Gasteiger partial charge < -0.3 is 20.4 Å². The highest BCUT2D eigenvalue weighted by Crippen LogP contribution is 2.23. The summed E-state index contributed by atoms with van der Waals surface area (Å²) in [5.74, 6) is 1.22. The van der Waals surface area contributed by atoms with Crippen molar-refractivity contribution in [3.05, 3.63) is 42.0 Å². The summed E-state index contributed by atoms with van der Waals surface area (Å²) in [6.07, 6.45) is 3.38. The Kier molecular flexibility index (Phi) is 4.24. The Labute approximate surface area is 117 Å². The molecule has 0 radical (unpaired) electrons. The van der Waals surface area contributed by atoms with E-state index in [0.29, 0.717) is 30.2 Å². The fraction of sp³-hybridized carbons (Fsp3) is 0.286. The van der Waals surface area contributed by atoms with Crippen molar-refractivity contribution in [2.24, 2.45) is 0 Å². The lowest BCUT2D eigenvalue weighted by Gasteiger charge is -2.16. The summed E-state index contributed by atoms with van der Waals surface area (Å²) in [4.78, 5) is 20.9. The second kappa shape index (κ2) is 6.10. The highest BCUT2D eigenvalue weighted by molar-refractivity contribution is 5.95. The molecule has 20 heavy (non-hydrogen) atoms. The number of anilines is 1. The molecule has 0 unspecified atom stereocenters. The van der Waals surface area contributed by atoms with Gasteiger partial charge in [-0.05, 0) is 25.1 Å². The lowest BCUT2D eigenvalue weighted by atomic mass is 10.1. The van der Waals surface area contributed by atoms with Crippen LogP contribution in [0.1, 0.15) is 23.1 Å². The Bertz CT molecular complexity index is 581. The number of rotatable bonds is 5. The van der Waals surface area contributed by atoms with Gasteiger partial charge in [0.05, 0.1) is 18.8 Å². The number of nitrogens with two attached hydrogens (primary N) is 1. The third-order valence-corrected chi connectivity index (χ3v) is 2.85. The van der Waals surface area contributed by atoms with Crippen molar-refractivity contribution in [2.45, 2.75) is 13.5 Å². The van der Waals surface area contributed by atoms with Gasteiger partial charge in [0.1, 0.15) is 11.6 Å². The Morgan fingerprint density at radius 2 is 2.30 bits per heavy atom. The predicted octanol–water partition coefficient (Wildman–Crippen LogP) is 1.66. The molecule has 2 aromatic rings. The Morgan fingerprint density at radius 3 is 2.90 bits per heavy atom. The molecule has 0 aliphatic rings. The fourth-order valence-corrected chi connectivity index (χ4v) is 1.87. The minimum Gasteiger partial charge on any atom is -0.492 e. The zero-order valence-electron chi connectivity index (χ0n) is 11.6. The molecule has 0 saturated heterocycles. The standard InChI is InChI=1S/C14H18N4O2/c1-3-20-12-5-4-10(8-11(12)15)14(19)18(2)9-13-16-6-7-17-13/h4-8H,3,9,15H2,1-2H3,(H,16,17). The summed E-state index contributed by atoms with van der Waals surface area (Å²) in [6, 6.07) is 5.06. The van der Waals surface area contributed by atoms with Crippen LogP contribution >= 0.6 is 0 Å². The van der Waals surface area contributed by atoms with Gasteiger partial charge in [-0.1, -0.05) is 0 Å². The van der Waals surface area contributed by atoms with E-state index in [1.807, 2.05) is 6.92 Å². The van der Waals surface area contributed by atoms with E-state index in [0.717, 1.165) is 5.82 Å². The maximum Gasteiger partial charge on any atom is 0.254 e. The first-order valence-corrected chi connectivity index (χ1v) is 6.38. The first-order valence-electron chi connectivity index (χ1n) is 6.38. The molecule has 1 aromatic carbocycles. The Morgan fingerprint density at radius 1 is 1.50 bits per heavy atom. The van der Waals surface area contributed by atoms with Crippen LogP contribution in [0, 0.1) is 0 Å². The number of nitrogen functional groups attached to an aromatic ring is 1. The molecule has 6 heteroatoms. The van der Waals surface area contributed by atoms with Crippen LogP contribution in [0.2, 0.25) is 0 Å². The molecule has 0 aliphatic heterocycles. The van der Waals surface area contributed by atoms with Crippen LogP contribution in [0.15, 0.2) is 30.6 Å². The van der Waals surface area contributed by atoms with E-state index in [4.69, 9.17) is 10.5 Å². The van der Waals surface area contributed by atoms with E-state index in [1.54, 1.807) is 42.5 Å². The fourth-order valence-electron chi connectivity index (χ4n) is 1.87. The normalized spacial score (nSPS) is 10.3. The number of nitrogens with zero attached hydrogens (tertiary/aromatic N) is 2. The number of hydrogen-bond acceptors (Lipinski definition) is 4. The van der Waals surface area contributed by atoms with Gasteiger partial charge in [-0.2, -0.15) is 0 Å². The first kappa shape index (κ1) is 13.9. The molecule has 2 rings (SSSR count). The smallest absolute Gasteiger partial charge is 0.254 e. The summed E-state index contributed by atoms with van der Waals surface area (Å²) >= 11 is 0. The maximum atomic E-state index is 12.3. The van der Waals surface area contributed by atoms with E-state index in [9.17, 15) is 4.79 Å². The number of ether oxygens (including phenoxy) is 1. The van der Waals surface area contributed by atoms with E-state index >= 15 is 0 Å². The number of benzene rings is 1. The van der Waals surface area contributed by atoms with Crippen LogP contribution in [0.3, 0.4) is 0 Å². The molecule has 0 fully saturated rings. The van der Waals surface area contributed by atoms with E-state index in [2.05, 4.69) is 9.97 Å². The van der Waals surface area contributed by atoms with Gasteiger partial charge in [0.2, 0.25) is 0 Å². The average molecular weight is 274 g/mol. The lowest BCUT2D eigenvalue weighted by molar-refractivity contribution is 0.0782. The zero-order chi connectivity index (χ0) is 14.5. The van der Waals surface area contributed by atoms with Crippen molar-refractivity contribution in [3.63, 3.8) is 0 Å². The van der Waals surface area contributed by atoms with Crippen LogP contribution in [-0.4, -0.2) is 34.4 Å². The minimum atomic E-state index is -0.115. The number of hydrogen-bond donors (Lipinski definition) is 2. The maximum absolute atomic E-state index is 12.3. The summed E-state index contributed by atoms with van der Waals surface area (Å²) in [7, 11) is 1.72. The highest BCUT2D eigenvalue weighted by atomic mass is 16.5. The molecule has 106 valence electrons. The monoisotopic (exact) mass is 274 g/mol. The second-order valence-electron chi connectivity index (χ2n) is 4.38. The van der Waals surface area contributed by atoms with Crippen molar-refractivity contribution in [2.75, 3.05) is 19.4 Å². The Hall–Kier alpha value is -2.50. The van der Waals surface area contributed by atoms with Gasteiger partial charge >= 0.3 is 0 Å². The SMILES string of the molecule is CCOc1ccc(C(=O)N(C)Cc2ncc[nH]2)cc1N. The average Bonchev–Trinajstić information content (AvgIpc) is 2.93. The molecule has 0 saturated carbocycles. The second-order valence-corrected chi connectivity index (χ2v) is 4.38. The van der Waals surface area contributed by atoms with Crippen LogP contribution in [0.5, 0.6) is 5.75 Å². The van der Waals surface area contributed by atoms with Gasteiger partial charge in [-0.3, -0.25) is 4.79 Å². The number of carbonyl (C=O) groups excluding carboxylic acids is 1. The number of carbonyl (C=O) groups is 1. The minimum absolute atomic E-state index is 0.115. The van der Waals surface area contributed by atoms with Crippen LogP contribution in [0.4, 0.5) is 5.69 Å². The van der Waals surface area contributed by atoms with Gasteiger partial charge in [-0.25, -0.2) is 4.98 Å². The van der Waals surface area contributed by atoms with Crippen molar-refractivity contribution >= 4 is 11.6 Å². The summed E-state index contributed by atoms with van der Waals surface area (Å²) in [6.45, 7) is 2.84. The van der Waals surface area contributed by atoms with E-state index in [-0.39, 0.29) is 5.91 Å². The first-order chi connectivity index (χ1) is 9.61. The molecule has 0 spiro atoms. The van der Waals surface area contributed by atoms with Crippen molar-refractivity contribution < 1.29 is 9.53 Å². The van der Waals surface area contributed by atoms with E-state index < -0.39 is 0 Å². The predicted molar refractivity (Wildman–Crippen MR) is 76.4 cm³/mol. The number of H-pyrrole nitrogens is 1. The quantitative estimate of drug-likeness (QED) is 0.812. The zero-order valence-corrected chi connectivity index (χ0v) is 11.6. The number of nitrogens with one attached hydrogen (secondary N) is 1. The number of amides is 1. The topological polar surface area (TPSA) is 84.2 Å². The van der Waals surface area contributed by atoms with Crippen LogP contribution in [-0.2, 0) is 6.54 Å². The number of aromatic amines is 1. The highest BCUT2D eigenvalue weighted by Gasteiger charge is 2.14. The third kappa shape index (κ3) is 3.09. The summed E-state index contributed by atoms with van der Waals surface area (Å²) in [5.41, 5.74) is 6.86. The molecular weight excluding hydrogens is 256 g/mol. The number of imidazole rings is 1. The van der Waals surface area contributed by atoms with Crippen molar-refractivity contribution in [3.8, 4) is 5.75 Å². The molecule has 1 heterocycles. The van der Waals surface area contributed by atoms with Crippen LogP contribution in [0.25, 0.3) is 0 Å². The summed E-state index contributed by atoms with van der Waals surface area (Å²) in [5, 5.41) is 0. The van der Waals surface area contributed by atoms with Gasteiger partial charge in [-0.15, -0.1) is 0 Å². The van der Waals surface area contributed by atoms with Gasteiger partial charge in [0, 0.05) is 25.0 Å². The molecule has 6 nitrogen and oxygen atoms in total. The molecule has 0 aliphatic carbocycles. The van der Waals surface area contributed by atoms with E-state index in [1.165, 1.54) is 0 Å². The molecule has 1 amide bonds. The van der Waals surface area contributed by atoms with Crippen molar-refractivity contribution in [1.29, 1.82) is 0 Å². The van der Waals surface area contributed by atoms with Gasteiger partial charge in [0.15, 0.2) is 0 Å². The Balaban J connectivity index is 2.10.